The summed E-state index contributed by atoms with van der Waals surface area (Å²) in [5, 5.41) is 0.755. The maximum absolute atomic E-state index is 6.49. The summed E-state index contributed by atoms with van der Waals surface area (Å²) < 4.78 is 2.45. The van der Waals surface area contributed by atoms with Gasteiger partial charge in [0.25, 0.3) is 0 Å². The maximum atomic E-state index is 6.49. The van der Waals surface area contributed by atoms with Crippen molar-refractivity contribution in [3.8, 4) is 0 Å². The van der Waals surface area contributed by atoms with Gasteiger partial charge in [0.2, 0.25) is 0 Å². The summed E-state index contributed by atoms with van der Waals surface area (Å²) >= 11 is 4.24. The Morgan fingerprint density at radius 3 is 1.87 bits per heavy atom. The van der Waals surface area contributed by atoms with Gasteiger partial charge in [-0.25, -0.2) is 0 Å². The molecule has 0 saturated carbocycles. The van der Waals surface area contributed by atoms with Gasteiger partial charge in [0, 0.05) is 0 Å². The van der Waals surface area contributed by atoms with Crippen LogP contribution in [-0.4, -0.2) is 13.7 Å². The Balaban J connectivity index is 2.29. The van der Waals surface area contributed by atoms with Crippen molar-refractivity contribution in [2.24, 2.45) is 0 Å². The molecule has 15 heavy (non-hydrogen) atoms. The van der Waals surface area contributed by atoms with Crippen LogP contribution in [-0.2, 0) is 0 Å². The molecule has 0 bridgehead atoms. The number of halogens is 2. The third-order valence-electron chi connectivity index (χ3n) is 2.04. The molecule has 0 aromatic heterocycles. The summed E-state index contributed by atoms with van der Waals surface area (Å²) in [5.41, 5.74) is 0. The summed E-state index contributed by atoms with van der Waals surface area (Å²) in [6, 6.07) is 18.0. The van der Waals surface area contributed by atoms with Crippen LogP contribution < -0.4 is 8.70 Å². The third-order valence-corrected chi connectivity index (χ3v) is 7.47. The monoisotopic (exact) mass is 298 g/mol. The van der Waals surface area contributed by atoms with Crippen LogP contribution in [0.15, 0.2) is 54.6 Å². The van der Waals surface area contributed by atoms with Crippen LogP contribution in [0.5, 0.6) is 0 Å². The molecule has 1 atom stereocenters. The van der Waals surface area contributed by atoms with Gasteiger partial charge in [-0.05, 0) is 0 Å². The molecule has 0 spiro atoms. The van der Waals surface area contributed by atoms with E-state index in [0.29, 0.717) is 0 Å². The van der Waals surface area contributed by atoms with Gasteiger partial charge in [0.1, 0.15) is 0 Å². The van der Waals surface area contributed by atoms with E-state index in [2.05, 4.69) is 12.1 Å². The van der Waals surface area contributed by atoms with Gasteiger partial charge in [-0.1, -0.05) is 0 Å². The molecule has 0 saturated heterocycles. The first kappa shape index (κ1) is 11.1. The molecule has 2 rings (SSSR count). The molecule has 0 N–H and O–H groups in total. The summed E-state index contributed by atoms with van der Waals surface area (Å²) in [7, 11) is 6.49. The van der Waals surface area contributed by atoms with E-state index in [-0.39, 0.29) is 0 Å². The van der Waals surface area contributed by atoms with E-state index < -0.39 is 13.7 Å². The van der Waals surface area contributed by atoms with E-state index in [0.717, 1.165) is 5.02 Å². The Bertz CT molecular complexity index is 425. The minimum atomic E-state index is -1.60. The SMILES string of the molecule is Clc1ccc([As](Cl)c2ccccc2)cc1. The van der Waals surface area contributed by atoms with Gasteiger partial charge in [0.15, 0.2) is 0 Å². The number of hydrogen-bond donors (Lipinski definition) is 0. The van der Waals surface area contributed by atoms with Gasteiger partial charge in [-0.2, -0.15) is 0 Å². The molecule has 3 heteroatoms. The van der Waals surface area contributed by atoms with Crippen molar-refractivity contribution in [1.29, 1.82) is 0 Å². The van der Waals surface area contributed by atoms with Gasteiger partial charge >= 0.3 is 104 Å². The molecule has 0 nitrogen and oxygen atoms in total. The van der Waals surface area contributed by atoms with Crippen molar-refractivity contribution in [3.05, 3.63) is 59.6 Å². The van der Waals surface area contributed by atoms with Crippen molar-refractivity contribution in [3.63, 3.8) is 0 Å². The first-order chi connectivity index (χ1) is 7.27. The quantitative estimate of drug-likeness (QED) is 0.748. The molecule has 76 valence electrons. The zero-order valence-corrected chi connectivity index (χ0v) is 11.3. The minimum absolute atomic E-state index is 0.755. The average Bonchev–Trinajstić information content (AvgIpc) is 2.30. The predicted octanol–water partition coefficient (Wildman–Crippen LogP) is 2.68. The molecule has 0 fully saturated rings. The second-order valence-corrected chi connectivity index (χ2v) is 8.63. The van der Waals surface area contributed by atoms with Gasteiger partial charge in [0.05, 0.1) is 0 Å². The molecule has 0 aliphatic carbocycles. The van der Waals surface area contributed by atoms with Crippen molar-refractivity contribution >= 4 is 44.0 Å². The Morgan fingerprint density at radius 2 is 1.27 bits per heavy atom. The van der Waals surface area contributed by atoms with E-state index in [9.17, 15) is 0 Å². The molecule has 2 aromatic carbocycles. The fourth-order valence-corrected chi connectivity index (χ4v) is 4.97. The second-order valence-electron chi connectivity index (χ2n) is 3.09. The average molecular weight is 299 g/mol. The molecule has 0 aliphatic rings. The second kappa shape index (κ2) is 5.07. The van der Waals surface area contributed by atoms with Gasteiger partial charge in [-0.3, -0.25) is 0 Å². The molecular weight excluding hydrogens is 290 g/mol. The Kier molecular flexibility index (Phi) is 3.75. The van der Waals surface area contributed by atoms with Crippen LogP contribution >= 0.6 is 21.6 Å². The van der Waals surface area contributed by atoms with Crippen LogP contribution in [0.3, 0.4) is 0 Å². The van der Waals surface area contributed by atoms with Crippen molar-refractivity contribution in [1.82, 2.24) is 0 Å². The van der Waals surface area contributed by atoms with Crippen molar-refractivity contribution in [2.45, 2.75) is 0 Å². The summed E-state index contributed by atoms with van der Waals surface area (Å²) in [6.07, 6.45) is 0. The molecule has 0 aliphatic heterocycles. The van der Waals surface area contributed by atoms with E-state index in [1.54, 1.807) is 0 Å². The fraction of sp³-hybridized carbons (Fsp3) is 0. The van der Waals surface area contributed by atoms with Crippen LogP contribution in [0.1, 0.15) is 0 Å². The van der Waals surface area contributed by atoms with E-state index in [1.165, 1.54) is 8.70 Å². The van der Waals surface area contributed by atoms with E-state index >= 15 is 0 Å². The molecule has 1 unspecified atom stereocenters. The predicted molar refractivity (Wildman–Crippen MR) is 68.8 cm³/mol. The van der Waals surface area contributed by atoms with E-state index in [4.69, 9.17) is 21.6 Å². The number of benzene rings is 2. The normalized spacial score (nSPS) is 12.4. The van der Waals surface area contributed by atoms with Gasteiger partial charge in [-0.15, -0.1) is 0 Å². The van der Waals surface area contributed by atoms with Crippen LogP contribution in [0.4, 0.5) is 0 Å². The Labute approximate surface area is 103 Å². The standard InChI is InChI=1S/C12H9AsCl2/c14-12-8-6-11(7-9-12)13(15)10-4-2-1-3-5-10/h1-9H. The van der Waals surface area contributed by atoms with Crippen LogP contribution in [0.2, 0.25) is 5.02 Å². The molecular formula is C12H9AsCl2. The zero-order chi connectivity index (χ0) is 10.7. The van der Waals surface area contributed by atoms with Crippen molar-refractivity contribution in [2.75, 3.05) is 0 Å². The molecule has 0 radical (unpaired) electrons. The molecule has 0 amide bonds. The van der Waals surface area contributed by atoms with Crippen molar-refractivity contribution < 1.29 is 0 Å². The number of rotatable bonds is 2. The van der Waals surface area contributed by atoms with Gasteiger partial charge < -0.3 is 0 Å². The molecule has 2 aromatic rings. The summed E-state index contributed by atoms with van der Waals surface area (Å²) in [4.78, 5) is 0. The summed E-state index contributed by atoms with van der Waals surface area (Å²) in [5.74, 6) is 0. The third kappa shape index (κ3) is 2.78. The Morgan fingerprint density at radius 1 is 0.733 bits per heavy atom. The van der Waals surface area contributed by atoms with E-state index in [1.807, 2.05) is 42.5 Å². The fourth-order valence-electron chi connectivity index (χ4n) is 1.28. The van der Waals surface area contributed by atoms with Crippen LogP contribution in [0.25, 0.3) is 0 Å². The Hall–Kier alpha value is -0.422. The molecule has 0 heterocycles. The summed E-state index contributed by atoms with van der Waals surface area (Å²) in [6.45, 7) is 0. The first-order valence-electron chi connectivity index (χ1n) is 4.54. The zero-order valence-electron chi connectivity index (χ0n) is 7.90. The van der Waals surface area contributed by atoms with Crippen LogP contribution in [0, 0.1) is 0 Å². The first-order valence-corrected chi connectivity index (χ1v) is 9.26. The topological polar surface area (TPSA) is 0 Å². The number of hydrogen-bond acceptors (Lipinski definition) is 0.